The highest BCUT2D eigenvalue weighted by Gasteiger charge is 2.32. The van der Waals surface area contributed by atoms with Crippen LogP contribution >= 0.6 is 0 Å². The molecule has 1 heterocycles. The molecular formula is C10H21N3O4S. The number of carbonyl (C=O) groups is 1. The van der Waals surface area contributed by atoms with Crippen molar-refractivity contribution in [1.29, 1.82) is 0 Å². The van der Waals surface area contributed by atoms with Crippen LogP contribution in [0.3, 0.4) is 0 Å². The van der Waals surface area contributed by atoms with E-state index >= 15 is 0 Å². The highest BCUT2D eigenvalue weighted by molar-refractivity contribution is 7.88. The molecule has 1 saturated heterocycles. The Labute approximate surface area is 108 Å². The summed E-state index contributed by atoms with van der Waals surface area (Å²) in [5.74, 6) is 0. The third kappa shape index (κ3) is 5.19. The van der Waals surface area contributed by atoms with Crippen molar-refractivity contribution in [3.05, 3.63) is 0 Å². The molecule has 0 unspecified atom stereocenters. The van der Waals surface area contributed by atoms with Crippen molar-refractivity contribution in [2.45, 2.75) is 45.3 Å². The predicted molar refractivity (Wildman–Crippen MR) is 67.3 cm³/mol. The first-order valence-electron chi connectivity index (χ1n) is 5.95. The summed E-state index contributed by atoms with van der Waals surface area (Å²) in [7, 11) is -3.89. The summed E-state index contributed by atoms with van der Waals surface area (Å²) in [5, 5.41) is 3.15. The van der Waals surface area contributed by atoms with Crippen LogP contribution in [0.2, 0.25) is 0 Å². The average Bonchev–Trinajstić information content (AvgIpc) is 2.13. The molecule has 1 amide bonds. The number of hydrogen-bond donors (Lipinski definition) is 3. The van der Waals surface area contributed by atoms with Crippen molar-refractivity contribution < 1.29 is 17.9 Å². The number of rotatable bonds is 4. The summed E-state index contributed by atoms with van der Waals surface area (Å²) in [6.45, 7) is 6.60. The van der Waals surface area contributed by atoms with Crippen LogP contribution in [-0.4, -0.2) is 39.2 Å². The molecule has 0 radical (unpaired) electrons. The summed E-state index contributed by atoms with van der Waals surface area (Å²) in [5.41, 5.74) is -0.533. The summed E-state index contributed by atoms with van der Waals surface area (Å²) >= 11 is 0. The summed E-state index contributed by atoms with van der Waals surface area (Å²) in [6, 6.07) is 0. The zero-order valence-corrected chi connectivity index (χ0v) is 11.8. The number of piperidine rings is 1. The molecule has 18 heavy (non-hydrogen) atoms. The lowest BCUT2D eigenvalue weighted by Crippen LogP contribution is -2.56. The Bertz CT molecular complexity index is 388. The topological polar surface area (TPSA) is 96.5 Å². The molecule has 0 aromatic carbocycles. The predicted octanol–water partition coefficient (Wildman–Crippen LogP) is 0.0975. The number of amides is 1. The van der Waals surface area contributed by atoms with Crippen LogP contribution in [0.5, 0.6) is 0 Å². The first kappa shape index (κ1) is 15.2. The summed E-state index contributed by atoms with van der Waals surface area (Å²) < 4.78 is 32.6. The van der Waals surface area contributed by atoms with E-state index in [1.54, 1.807) is 13.8 Å². The van der Waals surface area contributed by atoms with E-state index in [2.05, 4.69) is 10.0 Å². The maximum absolute atomic E-state index is 11.8. The standard InChI is InChI=1S/C10H21N3O4S/c1-8(2)17-9(14)12-18(15,16)13-10(3)4-6-11-7-5-10/h8,11,13H,4-7H2,1-3H3,(H,12,14). The largest absolute Gasteiger partial charge is 0.446 e. The second kappa shape index (κ2) is 5.85. The second-order valence-corrected chi connectivity index (χ2v) is 6.39. The maximum atomic E-state index is 11.8. The van der Waals surface area contributed by atoms with E-state index in [0.717, 1.165) is 13.1 Å². The van der Waals surface area contributed by atoms with Crippen molar-refractivity contribution in [3.63, 3.8) is 0 Å². The molecule has 106 valence electrons. The van der Waals surface area contributed by atoms with Gasteiger partial charge in [0.15, 0.2) is 0 Å². The minimum absolute atomic E-state index is 0.366. The van der Waals surface area contributed by atoms with Gasteiger partial charge in [-0.15, -0.1) is 0 Å². The van der Waals surface area contributed by atoms with Crippen LogP contribution in [0.4, 0.5) is 4.79 Å². The zero-order valence-electron chi connectivity index (χ0n) is 10.9. The Hall–Kier alpha value is -0.860. The highest BCUT2D eigenvalue weighted by atomic mass is 32.2. The summed E-state index contributed by atoms with van der Waals surface area (Å²) in [4.78, 5) is 11.3. The van der Waals surface area contributed by atoms with Gasteiger partial charge in [-0.2, -0.15) is 13.1 Å². The van der Waals surface area contributed by atoms with Gasteiger partial charge in [0.05, 0.1) is 6.10 Å². The Balaban J connectivity index is 2.56. The minimum atomic E-state index is -3.89. The molecule has 0 aliphatic carbocycles. The molecule has 1 fully saturated rings. The lowest BCUT2D eigenvalue weighted by Gasteiger charge is -2.34. The van der Waals surface area contributed by atoms with E-state index in [-0.39, 0.29) is 6.10 Å². The normalized spacial score (nSPS) is 19.6. The van der Waals surface area contributed by atoms with Gasteiger partial charge >= 0.3 is 16.3 Å². The van der Waals surface area contributed by atoms with Gasteiger partial charge in [0, 0.05) is 5.54 Å². The Morgan fingerprint density at radius 2 is 1.89 bits per heavy atom. The van der Waals surface area contributed by atoms with Crippen LogP contribution in [0.1, 0.15) is 33.6 Å². The lowest BCUT2D eigenvalue weighted by atomic mass is 9.92. The number of ether oxygens (including phenoxy) is 1. The molecule has 0 saturated carbocycles. The Morgan fingerprint density at radius 1 is 1.33 bits per heavy atom. The maximum Gasteiger partial charge on any atom is 0.422 e. The van der Waals surface area contributed by atoms with Crippen molar-refractivity contribution in [3.8, 4) is 0 Å². The van der Waals surface area contributed by atoms with E-state index in [1.165, 1.54) is 0 Å². The smallest absolute Gasteiger partial charge is 0.422 e. The third-order valence-corrected chi connectivity index (χ3v) is 3.85. The van der Waals surface area contributed by atoms with Crippen LogP contribution in [-0.2, 0) is 14.9 Å². The lowest BCUT2D eigenvalue weighted by molar-refractivity contribution is 0.121. The molecule has 0 aromatic rings. The summed E-state index contributed by atoms with van der Waals surface area (Å²) in [6.07, 6.45) is 0.0185. The van der Waals surface area contributed by atoms with Gasteiger partial charge in [0.2, 0.25) is 0 Å². The van der Waals surface area contributed by atoms with Gasteiger partial charge in [-0.3, -0.25) is 0 Å². The van der Waals surface area contributed by atoms with Crippen LogP contribution in [0.15, 0.2) is 0 Å². The fourth-order valence-electron chi connectivity index (χ4n) is 1.78. The Kier molecular flexibility index (Phi) is 4.94. The first-order chi connectivity index (χ1) is 8.22. The molecule has 1 rings (SSSR count). The highest BCUT2D eigenvalue weighted by Crippen LogP contribution is 2.17. The molecule has 3 N–H and O–H groups in total. The molecular weight excluding hydrogens is 258 g/mol. The van der Waals surface area contributed by atoms with Gasteiger partial charge in [-0.05, 0) is 46.7 Å². The van der Waals surface area contributed by atoms with Crippen molar-refractivity contribution in [2.24, 2.45) is 0 Å². The molecule has 7 nitrogen and oxygen atoms in total. The third-order valence-electron chi connectivity index (χ3n) is 2.65. The van der Waals surface area contributed by atoms with Gasteiger partial charge in [0.25, 0.3) is 0 Å². The van der Waals surface area contributed by atoms with Crippen LogP contribution < -0.4 is 14.8 Å². The van der Waals surface area contributed by atoms with Gasteiger partial charge in [-0.1, -0.05) is 0 Å². The fourth-order valence-corrected chi connectivity index (χ4v) is 2.95. The van der Waals surface area contributed by atoms with Gasteiger partial charge < -0.3 is 10.1 Å². The molecule has 8 heteroatoms. The molecule has 0 bridgehead atoms. The molecule has 1 aliphatic rings. The number of hydrogen-bond acceptors (Lipinski definition) is 5. The van der Waals surface area contributed by atoms with E-state index in [1.807, 2.05) is 11.6 Å². The zero-order chi connectivity index (χ0) is 13.8. The van der Waals surface area contributed by atoms with E-state index in [0.29, 0.717) is 12.8 Å². The monoisotopic (exact) mass is 279 g/mol. The SMILES string of the molecule is CC(C)OC(=O)NS(=O)(=O)NC1(C)CCNCC1. The number of carbonyl (C=O) groups excluding carboxylic acids is 1. The quantitative estimate of drug-likeness (QED) is 0.678. The fraction of sp³-hybridized carbons (Fsp3) is 0.900. The van der Waals surface area contributed by atoms with Gasteiger partial charge in [0.1, 0.15) is 0 Å². The molecule has 1 aliphatic heterocycles. The van der Waals surface area contributed by atoms with Gasteiger partial charge in [-0.25, -0.2) is 9.52 Å². The van der Waals surface area contributed by atoms with E-state index in [4.69, 9.17) is 4.74 Å². The van der Waals surface area contributed by atoms with E-state index in [9.17, 15) is 13.2 Å². The van der Waals surface area contributed by atoms with Crippen molar-refractivity contribution in [1.82, 2.24) is 14.8 Å². The average molecular weight is 279 g/mol. The molecule has 0 aromatic heterocycles. The molecule has 0 atom stereocenters. The first-order valence-corrected chi connectivity index (χ1v) is 7.44. The van der Waals surface area contributed by atoms with Crippen LogP contribution in [0, 0.1) is 0 Å². The van der Waals surface area contributed by atoms with Crippen LogP contribution in [0.25, 0.3) is 0 Å². The van der Waals surface area contributed by atoms with Crippen molar-refractivity contribution >= 4 is 16.3 Å². The van der Waals surface area contributed by atoms with Crippen molar-refractivity contribution in [2.75, 3.05) is 13.1 Å². The van der Waals surface area contributed by atoms with E-state index < -0.39 is 21.8 Å². The minimum Gasteiger partial charge on any atom is -0.446 e. The Morgan fingerprint density at radius 3 is 2.39 bits per heavy atom. The second-order valence-electron chi connectivity index (χ2n) is 4.97. The number of nitrogens with one attached hydrogen (secondary N) is 3. The molecule has 0 spiro atoms.